The molecule has 1 N–H and O–H groups in total. The first-order valence-electron chi connectivity index (χ1n) is 9.16. The Balaban J connectivity index is 1.83. The van der Waals surface area contributed by atoms with Crippen LogP contribution in [0.15, 0.2) is 24.3 Å². The molecule has 0 spiro atoms. The molecule has 8 heteroatoms. The molecule has 148 valence electrons. The van der Waals surface area contributed by atoms with Crippen LogP contribution in [0.1, 0.15) is 12.5 Å². The number of alkyl halides is 1. The number of hydrogen-bond donors (Lipinski definition) is 1. The standard InChI is InChI=1S/C19H27ClN4O3/c1-2-22-18(26-11-6-21)15-27-17-5-3-4-16(12-17)14-23-7-9-24(10-8-23)19(25)13-20/h3-5,12,18,22H,2,7-11,13-15H2,1H3. The van der Waals surface area contributed by atoms with Gasteiger partial charge in [0.1, 0.15) is 31.1 Å². The number of carbonyl (C=O) groups is 1. The molecule has 1 saturated heterocycles. The summed E-state index contributed by atoms with van der Waals surface area (Å²) in [5, 5.41) is 11.8. The van der Waals surface area contributed by atoms with Gasteiger partial charge in [0.15, 0.2) is 0 Å². The lowest BCUT2D eigenvalue weighted by molar-refractivity contribution is -0.130. The van der Waals surface area contributed by atoms with E-state index in [0.717, 1.165) is 37.5 Å². The molecule has 1 aromatic carbocycles. The molecule has 27 heavy (non-hydrogen) atoms. The molecule has 2 rings (SSSR count). The molecule has 1 amide bonds. The third-order valence-electron chi connectivity index (χ3n) is 4.33. The first-order valence-corrected chi connectivity index (χ1v) is 9.69. The minimum atomic E-state index is -0.314. The van der Waals surface area contributed by atoms with E-state index >= 15 is 0 Å². The van der Waals surface area contributed by atoms with Crippen molar-refractivity contribution in [3.05, 3.63) is 29.8 Å². The Morgan fingerprint density at radius 2 is 2.15 bits per heavy atom. The number of carbonyl (C=O) groups excluding carboxylic acids is 1. The number of nitrogens with one attached hydrogen (secondary N) is 1. The van der Waals surface area contributed by atoms with Crippen molar-refractivity contribution in [1.82, 2.24) is 15.1 Å². The molecular weight excluding hydrogens is 368 g/mol. The number of amides is 1. The van der Waals surface area contributed by atoms with Gasteiger partial charge in [0.05, 0.1) is 6.07 Å². The van der Waals surface area contributed by atoms with Crippen molar-refractivity contribution in [1.29, 1.82) is 5.26 Å². The maximum Gasteiger partial charge on any atom is 0.237 e. The van der Waals surface area contributed by atoms with Gasteiger partial charge in [0.2, 0.25) is 5.91 Å². The van der Waals surface area contributed by atoms with Crippen LogP contribution in [-0.4, -0.2) is 73.8 Å². The maximum absolute atomic E-state index is 11.6. The molecule has 0 radical (unpaired) electrons. The zero-order valence-electron chi connectivity index (χ0n) is 15.7. The summed E-state index contributed by atoms with van der Waals surface area (Å²) >= 11 is 5.62. The van der Waals surface area contributed by atoms with E-state index in [1.807, 2.05) is 36.1 Å². The number of piperazine rings is 1. The van der Waals surface area contributed by atoms with Gasteiger partial charge in [0, 0.05) is 32.7 Å². The van der Waals surface area contributed by atoms with Crippen LogP contribution in [0.4, 0.5) is 0 Å². The summed E-state index contributed by atoms with van der Waals surface area (Å²) in [7, 11) is 0. The fraction of sp³-hybridized carbons (Fsp3) is 0.579. The molecule has 1 atom stereocenters. The van der Waals surface area contributed by atoms with E-state index in [9.17, 15) is 4.79 Å². The summed E-state index contributed by atoms with van der Waals surface area (Å²) < 4.78 is 11.2. The van der Waals surface area contributed by atoms with Crippen LogP contribution in [0.2, 0.25) is 0 Å². The highest BCUT2D eigenvalue weighted by Crippen LogP contribution is 2.16. The van der Waals surface area contributed by atoms with Crippen molar-refractivity contribution in [2.45, 2.75) is 19.7 Å². The molecule has 0 aliphatic carbocycles. The molecule has 1 heterocycles. The average molecular weight is 395 g/mol. The van der Waals surface area contributed by atoms with E-state index in [1.54, 1.807) is 0 Å². The number of ether oxygens (including phenoxy) is 2. The number of likely N-dealkylation sites (N-methyl/N-ethyl adjacent to an activating group) is 1. The minimum absolute atomic E-state index is 0.000531. The first-order chi connectivity index (χ1) is 13.2. The molecule has 0 aromatic heterocycles. The fourth-order valence-corrected chi connectivity index (χ4v) is 3.10. The van der Waals surface area contributed by atoms with Crippen molar-refractivity contribution in [2.75, 3.05) is 51.8 Å². The van der Waals surface area contributed by atoms with Gasteiger partial charge in [-0.3, -0.25) is 15.0 Å². The summed E-state index contributed by atoms with van der Waals surface area (Å²) in [4.78, 5) is 15.8. The molecule has 1 unspecified atom stereocenters. The number of hydrogen-bond acceptors (Lipinski definition) is 6. The maximum atomic E-state index is 11.6. The van der Waals surface area contributed by atoms with E-state index in [-0.39, 0.29) is 24.6 Å². The van der Waals surface area contributed by atoms with Gasteiger partial charge in [-0.05, 0) is 24.2 Å². The van der Waals surface area contributed by atoms with Gasteiger partial charge >= 0.3 is 0 Å². The molecule has 1 aromatic rings. The summed E-state index contributed by atoms with van der Waals surface area (Å²) in [6.45, 7) is 6.96. The highest BCUT2D eigenvalue weighted by Gasteiger charge is 2.20. The van der Waals surface area contributed by atoms with Crippen LogP contribution < -0.4 is 10.1 Å². The van der Waals surface area contributed by atoms with E-state index in [0.29, 0.717) is 19.7 Å². The predicted octanol–water partition coefficient (Wildman–Crippen LogP) is 1.42. The Morgan fingerprint density at radius 3 is 2.81 bits per heavy atom. The van der Waals surface area contributed by atoms with Crippen LogP contribution in [0.25, 0.3) is 0 Å². The predicted molar refractivity (Wildman–Crippen MR) is 104 cm³/mol. The van der Waals surface area contributed by atoms with Crippen LogP contribution >= 0.6 is 11.6 Å². The lowest BCUT2D eigenvalue weighted by Crippen LogP contribution is -2.48. The van der Waals surface area contributed by atoms with Gasteiger partial charge < -0.3 is 14.4 Å². The Morgan fingerprint density at radius 1 is 1.37 bits per heavy atom. The summed E-state index contributed by atoms with van der Waals surface area (Å²) in [5.74, 6) is 0.818. The van der Waals surface area contributed by atoms with Crippen molar-refractivity contribution in [3.8, 4) is 11.8 Å². The fourth-order valence-electron chi connectivity index (χ4n) is 2.94. The second-order valence-corrected chi connectivity index (χ2v) is 6.53. The monoisotopic (exact) mass is 394 g/mol. The van der Waals surface area contributed by atoms with Gasteiger partial charge in [-0.1, -0.05) is 19.1 Å². The minimum Gasteiger partial charge on any atom is -0.489 e. The van der Waals surface area contributed by atoms with E-state index in [1.165, 1.54) is 0 Å². The summed E-state index contributed by atoms with van der Waals surface area (Å²) in [6, 6.07) is 9.93. The van der Waals surface area contributed by atoms with Gasteiger partial charge in [-0.2, -0.15) is 5.26 Å². The molecule has 1 aliphatic rings. The van der Waals surface area contributed by atoms with Gasteiger partial charge in [-0.15, -0.1) is 11.6 Å². The lowest BCUT2D eigenvalue weighted by atomic mass is 10.2. The number of benzene rings is 1. The number of rotatable bonds is 10. The first kappa shape index (κ1) is 21.5. The Labute approximate surface area is 165 Å². The third kappa shape index (κ3) is 7.35. The SMILES string of the molecule is CCNC(COc1cccc(CN2CCN(C(=O)CCl)CC2)c1)OCC#N. The Bertz CT molecular complexity index is 630. The topological polar surface area (TPSA) is 77.8 Å². The second-order valence-electron chi connectivity index (χ2n) is 6.26. The molecule has 1 aliphatic heterocycles. The molecule has 0 bridgehead atoms. The van der Waals surface area contributed by atoms with Crippen LogP contribution in [0, 0.1) is 11.3 Å². The van der Waals surface area contributed by atoms with Crippen molar-refractivity contribution in [2.24, 2.45) is 0 Å². The van der Waals surface area contributed by atoms with Crippen LogP contribution in [-0.2, 0) is 16.1 Å². The molecule has 0 saturated carbocycles. The average Bonchev–Trinajstić information content (AvgIpc) is 2.70. The lowest BCUT2D eigenvalue weighted by Gasteiger charge is -2.34. The van der Waals surface area contributed by atoms with Crippen molar-refractivity contribution >= 4 is 17.5 Å². The quantitative estimate of drug-likeness (QED) is 0.477. The zero-order chi connectivity index (χ0) is 19.5. The molecule has 7 nitrogen and oxygen atoms in total. The zero-order valence-corrected chi connectivity index (χ0v) is 16.5. The molecular formula is C19H27ClN4O3. The largest absolute Gasteiger partial charge is 0.489 e. The molecule has 1 fully saturated rings. The normalized spacial score (nSPS) is 16.0. The Kier molecular flexibility index (Phi) is 9.36. The smallest absolute Gasteiger partial charge is 0.237 e. The van der Waals surface area contributed by atoms with Crippen molar-refractivity contribution in [3.63, 3.8) is 0 Å². The van der Waals surface area contributed by atoms with E-state index < -0.39 is 0 Å². The van der Waals surface area contributed by atoms with Crippen molar-refractivity contribution < 1.29 is 14.3 Å². The number of halogens is 1. The highest BCUT2D eigenvalue weighted by molar-refractivity contribution is 6.27. The van der Waals surface area contributed by atoms with Gasteiger partial charge in [0.25, 0.3) is 0 Å². The van der Waals surface area contributed by atoms with Crippen LogP contribution in [0.3, 0.4) is 0 Å². The summed E-state index contributed by atoms with van der Waals surface area (Å²) in [6.07, 6.45) is -0.314. The third-order valence-corrected chi connectivity index (χ3v) is 4.55. The summed E-state index contributed by atoms with van der Waals surface area (Å²) in [5.41, 5.74) is 1.16. The highest BCUT2D eigenvalue weighted by atomic mass is 35.5. The second kappa shape index (κ2) is 11.8. The van der Waals surface area contributed by atoms with E-state index in [2.05, 4.69) is 16.3 Å². The Hall–Kier alpha value is -1.85. The number of nitrogens with zero attached hydrogens (tertiary/aromatic N) is 3. The van der Waals surface area contributed by atoms with E-state index in [4.69, 9.17) is 26.3 Å². The van der Waals surface area contributed by atoms with Gasteiger partial charge in [-0.25, -0.2) is 0 Å². The van der Waals surface area contributed by atoms with Crippen LogP contribution in [0.5, 0.6) is 5.75 Å². The number of nitriles is 1.